The molecule has 0 saturated heterocycles. The van der Waals surface area contributed by atoms with Crippen LogP contribution in [0.25, 0.3) is 0 Å². The molecule has 3 unspecified atom stereocenters. The summed E-state index contributed by atoms with van der Waals surface area (Å²) >= 11 is 0. The molecule has 1 aliphatic heterocycles. The molecule has 0 aliphatic carbocycles. The summed E-state index contributed by atoms with van der Waals surface area (Å²) in [5, 5.41) is 11.0. The Kier molecular flexibility index (Phi) is 13.3. The van der Waals surface area contributed by atoms with Crippen LogP contribution in [-0.2, 0) is 6.42 Å². The lowest BCUT2D eigenvalue weighted by molar-refractivity contribution is 0.370. The molecule has 0 aromatic carbocycles. The van der Waals surface area contributed by atoms with E-state index in [0.717, 1.165) is 60.7 Å². The van der Waals surface area contributed by atoms with E-state index in [1.807, 2.05) is 6.20 Å². The number of amidine groups is 1. The van der Waals surface area contributed by atoms with Gasteiger partial charge in [-0.1, -0.05) is 66.2 Å². The highest BCUT2D eigenvalue weighted by molar-refractivity contribution is 5.96. The van der Waals surface area contributed by atoms with Crippen molar-refractivity contribution >= 4 is 11.5 Å². The summed E-state index contributed by atoms with van der Waals surface area (Å²) in [6.45, 7) is 22.6. The van der Waals surface area contributed by atoms with E-state index in [4.69, 9.17) is 15.7 Å². The first-order valence-electron chi connectivity index (χ1n) is 15.1. The van der Waals surface area contributed by atoms with Crippen LogP contribution in [0.3, 0.4) is 0 Å². The van der Waals surface area contributed by atoms with Gasteiger partial charge in [0.15, 0.2) is 0 Å². The number of allylic oxidation sites excluding steroid dienone is 4. The van der Waals surface area contributed by atoms with Gasteiger partial charge < -0.3 is 21.7 Å². The van der Waals surface area contributed by atoms with Crippen LogP contribution in [0, 0.1) is 18.3 Å². The van der Waals surface area contributed by atoms with Crippen LogP contribution < -0.4 is 21.7 Å². The van der Waals surface area contributed by atoms with Crippen LogP contribution in [0.2, 0.25) is 0 Å². The number of anilines is 1. The van der Waals surface area contributed by atoms with Gasteiger partial charge in [0.1, 0.15) is 11.7 Å². The number of aryl methyl sites for hydroxylation is 2. The monoisotopic (exact) mass is 536 g/mol. The second-order valence-electron chi connectivity index (χ2n) is 12.5. The predicted octanol–water partition coefficient (Wildman–Crippen LogP) is 7.39. The van der Waals surface area contributed by atoms with Crippen molar-refractivity contribution in [3.05, 3.63) is 59.3 Å². The number of unbranched alkanes of at least 4 members (excludes halogenated alkanes) is 2. The van der Waals surface area contributed by atoms with Gasteiger partial charge in [0, 0.05) is 29.9 Å². The molecule has 2 heterocycles. The molecular weight excluding hydrogens is 480 g/mol. The molecule has 0 bridgehead atoms. The summed E-state index contributed by atoms with van der Waals surface area (Å²) in [4.78, 5) is 9.96. The molecule has 1 aliphatic rings. The Bertz CT molecular complexity index is 1010. The summed E-state index contributed by atoms with van der Waals surface area (Å²) in [6.07, 6.45) is 14.8. The highest BCUT2D eigenvalue weighted by Gasteiger charge is 2.21. The highest BCUT2D eigenvalue weighted by Crippen LogP contribution is 2.24. The van der Waals surface area contributed by atoms with Crippen LogP contribution in [0.4, 0.5) is 5.69 Å². The molecule has 0 spiro atoms. The molecular formula is C33H56N6. The first-order valence-corrected chi connectivity index (χ1v) is 15.1. The van der Waals surface area contributed by atoms with E-state index in [-0.39, 0.29) is 17.5 Å². The van der Waals surface area contributed by atoms with Crippen molar-refractivity contribution in [3.63, 3.8) is 0 Å². The van der Waals surface area contributed by atoms with Gasteiger partial charge in [-0.3, -0.25) is 4.98 Å². The fourth-order valence-corrected chi connectivity index (χ4v) is 5.09. The van der Waals surface area contributed by atoms with E-state index in [0.29, 0.717) is 12.5 Å². The van der Waals surface area contributed by atoms with E-state index in [9.17, 15) is 0 Å². The van der Waals surface area contributed by atoms with Crippen LogP contribution in [0.5, 0.6) is 0 Å². The molecule has 1 aromatic rings. The summed E-state index contributed by atoms with van der Waals surface area (Å²) in [7, 11) is 0. The van der Waals surface area contributed by atoms with Crippen LogP contribution in [0.15, 0.2) is 53.1 Å². The first-order chi connectivity index (χ1) is 18.4. The standard InChI is InChI=1S/C33H56N6/c1-10-12-13-14-30-24(4)19-28(22-35-30)37-31-20-27(17-18-34)16-15-23(3)32(39-31)38-29(11-2)26(6)36-25(5)21-33(7,8)9/h15-16,19,22,26-27,29,36,38H,5,10-14,17-18,20-21,34H2,1-4,6-9H3,(H,37,39)/b16-15-,32-23?. The topological polar surface area (TPSA) is 87.4 Å². The lowest BCUT2D eigenvalue weighted by Gasteiger charge is -2.30. The minimum absolute atomic E-state index is 0.203. The van der Waals surface area contributed by atoms with E-state index in [1.54, 1.807) is 0 Å². The Morgan fingerprint density at radius 2 is 1.95 bits per heavy atom. The lowest BCUT2D eigenvalue weighted by atomic mass is 9.90. The van der Waals surface area contributed by atoms with E-state index in [1.165, 1.54) is 30.5 Å². The number of nitrogens with two attached hydrogens (primary N) is 1. The Morgan fingerprint density at radius 3 is 2.56 bits per heavy atom. The summed E-state index contributed by atoms with van der Waals surface area (Å²) < 4.78 is 0. The second kappa shape index (κ2) is 15.9. The smallest absolute Gasteiger partial charge is 0.131 e. The van der Waals surface area contributed by atoms with Gasteiger partial charge in [-0.25, -0.2) is 4.99 Å². The third-order valence-electron chi connectivity index (χ3n) is 7.27. The van der Waals surface area contributed by atoms with Crippen LogP contribution in [0.1, 0.15) is 105 Å². The Labute approximate surface area is 239 Å². The van der Waals surface area contributed by atoms with Crippen molar-refractivity contribution in [2.75, 3.05) is 11.9 Å². The zero-order valence-electron chi connectivity index (χ0n) is 26.1. The molecule has 0 saturated carbocycles. The molecule has 218 valence electrons. The number of rotatable bonds is 14. The average Bonchev–Trinajstić information content (AvgIpc) is 2.84. The third-order valence-corrected chi connectivity index (χ3v) is 7.27. The molecule has 6 nitrogen and oxygen atoms in total. The van der Waals surface area contributed by atoms with Gasteiger partial charge in [-0.05, 0) is 88.0 Å². The largest absolute Gasteiger partial charge is 0.384 e. The summed E-state index contributed by atoms with van der Waals surface area (Å²) in [5.74, 6) is 2.18. The van der Waals surface area contributed by atoms with Crippen molar-refractivity contribution in [1.29, 1.82) is 0 Å². The van der Waals surface area contributed by atoms with Crippen molar-refractivity contribution in [3.8, 4) is 0 Å². The van der Waals surface area contributed by atoms with E-state index in [2.05, 4.69) is 96.1 Å². The van der Waals surface area contributed by atoms with Gasteiger partial charge in [0.2, 0.25) is 0 Å². The molecule has 1 aromatic heterocycles. The molecule has 2 rings (SSSR count). The number of nitrogens with zero attached hydrogens (tertiary/aromatic N) is 2. The van der Waals surface area contributed by atoms with Gasteiger partial charge in [-0.2, -0.15) is 0 Å². The number of aromatic nitrogens is 1. The maximum Gasteiger partial charge on any atom is 0.131 e. The SMILES string of the molecule is C=C(CC(C)(C)C)NC(C)C(CC)NC1=C(C)/C=C\C(CCN)CC(Nc2cnc(CCCCC)c(C)c2)=N1. The normalized spacial score (nSPS) is 18.5. The van der Waals surface area contributed by atoms with E-state index < -0.39 is 0 Å². The van der Waals surface area contributed by atoms with Crippen LogP contribution >= 0.6 is 0 Å². The van der Waals surface area contributed by atoms with Crippen molar-refractivity contribution in [2.45, 2.75) is 119 Å². The first kappa shape index (κ1) is 32.6. The van der Waals surface area contributed by atoms with Gasteiger partial charge in [-0.15, -0.1) is 0 Å². The molecule has 0 amide bonds. The average molecular weight is 537 g/mol. The van der Waals surface area contributed by atoms with Gasteiger partial charge >= 0.3 is 0 Å². The third kappa shape index (κ3) is 11.6. The highest BCUT2D eigenvalue weighted by atomic mass is 15.1. The maximum absolute atomic E-state index is 5.95. The maximum atomic E-state index is 5.95. The van der Waals surface area contributed by atoms with Gasteiger partial charge in [0.05, 0.1) is 11.9 Å². The predicted molar refractivity (Wildman–Crippen MR) is 170 cm³/mol. The fraction of sp³-hybridized carbons (Fsp3) is 0.636. The molecule has 6 heteroatoms. The minimum Gasteiger partial charge on any atom is -0.384 e. The lowest BCUT2D eigenvalue weighted by Crippen LogP contribution is -2.45. The molecule has 5 N–H and O–H groups in total. The molecule has 39 heavy (non-hydrogen) atoms. The Hall–Kier alpha value is -2.60. The zero-order chi connectivity index (χ0) is 29.0. The summed E-state index contributed by atoms with van der Waals surface area (Å²) in [6, 6.07) is 2.62. The Balaban J connectivity index is 2.27. The van der Waals surface area contributed by atoms with Crippen molar-refractivity contribution in [2.24, 2.45) is 22.1 Å². The minimum atomic E-state index is 0.203. The zero-order valence-corrected chi connectivity index (χ0v) is 26.1. The number of hydrogen-bond acceptors (Lipinski definition) is 6. The summed E-state index contributed by atoms with van der Waals surface area (Å²) in [5.41, 5.74) is 11.8. The number of nitrogens with one attached hydrogen (secondary N) is 3. The van der Waals surface area contributed by atoms with Gasteiger partial charge in [0.25, 0.3) is 0 Å². The Morgan fingerprint density at radius 1 is 1.21 bits per heavy atom. The van der Waals surface area contributed by atoms with E-state index >= 15 is 0 Å². The van der Waals surface area contributed by atoms with Crippen molar-refractivity contribution in [1.82, 2.24) is 15.6 Å². The van der Waals surface area contributed by atoms with Crippen molar-refractivity contribution < 1.29 is 0 Å². The molecule has 0 fully saturated rings. The van der Waals surface area contributed by atoms with Crippen LogP contribution in [-0.4, -0.2) is 29.4 Å². The fourth-order valence-electron chi connectivity index (χ4n) is 5.09. The number of pyridine rings is 1. The second-order valence-corrected chi connectivity index (χ2v) is 12.5. The molecule has 0 radical (unpaired) electrons. The number of aliphatic imine (C=N–C) groups is 1. The molecule has 3 atom stereocenters. The number of hydrogen-bond donors (Lipinski definition) is 4. The quantitative estimate of drug-likeness (QED) is 0.186.